The molecule has 1 aliphatic carbocycles. The highest BCUT2D eigenvalue weighted by molar-refractivity contribution is 5.96. The molecule has 6 nitrogen and oxygen atoms in total. The first-order valence-electron chi connectivity index (χ1n) is 8.46. The van der Waals surface area contributed by atoms with Gasteiger partial charge in [0.05, 0.1) is 18.2 Å². The zero-order chi connectivity index (χ0) is 19.1. The molecule has 0 bridgehead atoms. The molecule has 4 rings (SSSR count). The Balaban J connectivity index is 0.00000225. The first kappa shape index (κ1) is 17.2. The summed E-state index contributed by atoms with van der Waals surface area (Å²) in [6.07, 6.45) is 2.33. The fourth-order valence-corrected chi connectivity index (χ4v) is 3.30. The topological polar surface area (TPSA) is 70.5 Å². The second-order valence-corrected chi connectivity index (χ2v) is 6.65. The number of carbonyl (C=O) groups is 1. The molecule has 0 fully saturated rings. The average molecular weight is 372 g/mol. The lowest BCUT2D eigenvalue weighted by atomic mass is 9.95. The van der Waals surface area contributed by atoms with Crippen LogP contribution in [0.25, 0.3) is 0 Å². The summed E-state index contributed by atoms with van der Waals surface area (Å²) in [4.78, 5) is 24.4. The Hall–Kier alpha value is -3.25. The van der Waals surface area contributed by atoms with Crippen molar-refractivity contribution >= 4 is 12.1 Å². The molecule has 8 heteroatoms. The Morgan fingerprint density at radius 3 is 2.67 bits per heavy atom. The number of hydrazone groups is 1. The van der Waals surface area contributed by atoms with Crippen molar-refractivity contribution in [3.05, 3.63) is 74.4 Å². The second-order valence-electron chi connectivity index (χ2n) is 6.65. The van der Waals surface area contributed by atoms with Gasteiger partial charge in [0.2, 0.25) is 0 Å². The van der Waals surface area contributed by atoms with Gasteiger partial charge in [-0.1, -0.05) is 0 Å². The number of aryl methyl sites for hydroxylation is 1. The highest BCUT2D eigenvalue weighted by atomic mass is 19.1. The molecule has 0 radical (unpaired) electrons. The lowest BCUT2D eigenvalue weighted by molar-refractivity contribution is -0.129. The largest absolute Gasteiger partial charge is 0.300 e. The van der Waals surface area contributed by atoms with Crippen molar-refractivity contribution in [3.8, 4) is 0 Å². The van der Waals surface area contributed by atoms with Crippen molar-refractivity contribution in [1.29, 1.82) is 0 Å². The molecule has 1 aromatic heterocycles. The number of nitrogens with zero attached hydrogens (tertiary/aromatic N) is 3. The van der Waals surface area contributed by atoms with E-state index in [9.17, 15) is 18.4 Å². The van der Waals surface area contributed by atoms with E-state index in [1.54, 1.807) is 13.1 Å². The quantitative estimate of drug-likeness (QED) is 0.839. The molecule has 1 aliphatic heterocycles. The number of amides is 1. The van der Waals surface area contributed by atoms with Gasteiger partial charge in [0.25, 0.3) is 11.5 Å². The van der Waals surface area contributed by atoms with Crippen LogP contribution in [0.1, 0.15) is 31.6 Å². The summed E-state index contributed by atoms with van der Waals surface area (Å²) in [6, 6.07) is 4.16. The van der Waals surface area contributed by atoms with Crippen LogP contribution < -0.4 is 5.56 Å². The fourth-order valence-electron chi connectivity index (χ4n) is 3.30. The maximum absolute atomic E-state index is 13.5. The van der Waals surface area contributed by atoms with E-state index in [4.69, 9.17) is 0 Å². The number of carbonyl (C=O) groups excluding carboxylic acids is 1. The zero-order valence-electron chi connectivity index (χ0n) is 14.5. The molecule has 140 valence electrons. The van der Waals surface area contributed by atoms with Gasteiger partial charge in [-0.3, -0.25) is 14.7 Å². The summed E-state index contributed by atoms with van der Waals surface area (Å²) in [7, 11) is 0. The third kappa shape index (κ3) is 3.27. The SMILES string of the molecule is Cc1cc(=O)n(CC2=C=C(C(=O)N3N=CCC3c3cc(F)cc(F)c3)C2)[nH]1.[HH]. The van der Waals surface area contributed by atoms with E-state index in [1.165, 1.54) is 27.9 Å². The maximum atomic E-state index is 13.5. The Morgan fingerprint density at radius 1 is 1.33 bits per heavy atom. The summed E-state index contributed by atoms with van der Waals surface area (Å²) in [6.45, 7) is 2.13. The minimum Gasteiger partial charge on any atom is -0.300 e. The zero-order valence-corrected chi connectivity index (χ0v) is 14.5. The molecular weight excluding hydrogens is 354 g/mol. The lowest BCUT2D eigenvalue weighted by Gasteiger charge is -2.25. The molecule has 1 N–H and O–H groups in total. The van der Waals surface area contributed by atoms with Crippen LogP contribution in [0, 0.1) is 18.6 Å². The molecule has 0 saturated heterocycles. The van der Waals surface area contributed by atoms with Gasteiger partial charge >= 0.3 is 0 Å². The van der Waals surface area contributed by atoms with Gasteiger partial charge in [-0.05, 0) is 30.2 Å². The van der Waals surface area contributed by atoms with E-state index in [-0.39, 0.29) is 12.9 Å². The van der Waals surface area contributed by atoms with E-state index in [0.29, 0.717) is 30.5 Å². The lowest BCUT2D eigenvalue weighted by Crippen LogP contribution is -2.30. The number of aromatic amines is 1. The molecule has 1 aromatic carbocycles. The van der Waals surface area contributed by atoms with Crippen LogP contribution in [-0.2, 0) is 11.3 Å². The molecule has 2 heterocycles. The Morgan fingerprint density at radius 2 is 2.04 bits per heavy atom. The molecule has 1 amide bonds. The first-order chi connectivity index (χ1) is 12.9. The Bertz CT molecular complexity index is 1080. The minimum atomic E-state index is -0.693. The highest BCUT2D eigenvalue weighted by Gasteiger charge is 2.33. The molecule has 0 saturated carbocycles. The molecule has 2 aromatic rings. The highest BCUT2D eigenvalue weighted by Crippen LogP contribution is 2.32. The first-order valence-corrected chi connectivity index (χ1v) is 8.46. The summed E-state index contributed by atoms with van der Waals surface area (Å²) in [5, 5.41) is 8.22. The van der Waals surface area contributed by atoms with Crippen LogP contribution in [0.3, 0.4) is 0 Å². The van der Waals surface area contributed by atoms with Crippen LogP contribution in [0.4, 0.5) is 8.78 Å². The van der Waals surface area contributed by atoms with Gasteiger partial charge in [0, 0.05) is 38.3 Å². The van der Waals surface area contributed by atoms with Crippen LogP contribution in [0.15, 0.2) is 51.0 Å². The van der Waals surface area contributed by atoms with Gasteiger partial charge in [-0.25, -0.2) is 18.5 Å². The average Bonchev–Trinajstić information content (AvgIpc) is 3.15. The molecular formula is C19H18F2N4O2. The van der Waals surface area contributed by atoms with Gasteiger partial charge < -0.3 is 0 Å². The molecule has 27 heavy (non-hydrogen) atoms. The van der Waals surface area contributed by atoms with Gasteiger partial charge in [-0.15, -0.1) is 5.73 Å². The number of halogens is 2. The summed E-state index contributed by atoms with van der Waals surface area (Å²) in [5.74, 6) is -1.74. The molecule has 1 unspecified atom stereocenters. The van der Waals surface area contributed by atoms with E-state index in [0.717, 1.165) is 17.3 Å². The van der Waals surface area contributed by atoms with Crippen molar-refractivity contribution in [2.45, 2.75) is 32.4 Å². The van der Waals surface area contributed by atoms with Crippen LogP contribution in [-0.4, -0.2) is 26.9 Å². The fraction of sp³-hybridized carbons (Fsp3) is 0.263. The normalized spacial score (nSPS) is 18.3. The predicted octanol–water partition coefficient (Wildman–Crippen LogP) is 2.82. The van der Waals surface area contributed by atoms with E-state index in [1.807, 2.05) is 0 Å². The Labute approximate surface area is 154 Å². The van der Waals surface area contributed by atoms with E-state index >= 15 is 0 Å². The van der Waals surface area contributed by atoms with E-state index in [2.05, 4.69) is 15.9 Å². The van der Waals surface area contributed by atoms with Crippen molar-refractivity contribution in [2.24, 2.45) is 5.10 Å². The van der Waals surface area contributed by atoms with Crippen LogP contribution >= 0.6 is 0 Å². The summed E-state index contributed by atoms with van der Waals surface area (Å²) in [5.41, 5.74) is 5.21. The minimum absolute atomic E-state index is 0. The molecule has 1 atom stereocenters. The molecule has 2 aliphatic rings. The van der Waals surface area contributed by atoms with Gasteiger partial charge in [0.15, 0.2) is 0 Å². The number of rotatable bonds is 4. The number of benzene rings is 1. The maximum Gasteiger partial charge on any atom is 0.278 e. The number of aromatic nitrogens is 2. The monoisotopic (exact) mass is 372 g/mol. The number of hydrogen-bond donors (Lipinski definition) is 1. The second kappa shape index (κ2) is 6.48. The standard InChI is InChI=1S/C19H16F2N4O2.H2/c1-11-4-18(26)24(23-11)10-12-5-14(6-12)19(27)25-17(2-3-22-25)13-7-15(20)9-16(21)8-13;/h3-4,7-9,17,23H,2,5,10H2,1H3;1H. The van der Waals surface area contributed by atoms with E-state index < -0.39 is 17.7 Å². The number of hydrogen-bond acceptors (Lipinski definition) is 3. The Kier molecular flexibility index (Phi) is 4.12. The smallest absolute Gasteiger partial charge is 0.278 e. The molecule has 0 spiro atoms. The predicted molar refractivity (Wildman–Crippen MR) is 96.1 cm³/mol. The van der Waals surface area contributed by atoms with Crippen molar-refractivity contribution in [3.63, 3.8) is 0 Å². The van der Waals surface area contributed by atoms with Crippen LogP contribution in [0.5, 0.6) is 0 Å². The third-order valence-electron chi connectivity index (χ3n) is 4.55. The van der Waals surface area contributed by atoms with Crippen molar-refractivity contribution in [1.82, 2.24) is 14.8 Å². The van der Waals surface area contributed by atoms with Crippen molar-refractivity contribution in [2.75, 3.05) is 0 Å². The number of nitrogens with one attached hydrogen (secondary N) is 1. The van der Waals surface area contributed by atoms with Gasteiger partial charge in [0.1, 0.15) is 11.6 Å². The third-order valence-corrected chi connectivity index (χ3v) is 4.55. The van der Waals surface area contributed by atoms with Crippen molar-refractivity contribution < 1.29 is 15.0 Å². The number of H-pyrrole nitrogens is 1. The summed E-state index contributed by atoms with van der Waals surface area (Å²) < 4.78 is 28.5. The van der Waals surface area contributed by atoms with Gasteiger partial charge in [-0.2, -0.15) is 5.10 Å². The summed E-state index contributed by atoms with van der Waals surface area (Å²) >= 11 is 0. The van der Waals surface area contributed by atoms with Crippen LogP contribution in [0.2, 0.25) is 0 Å².